The number of nitrogens with two attached hydrogens (primary N) is 5. The number of carboxylic acid groups (broad SMARTS) is 1. The number of carbonyl (C=O) groups is 16. The van der Waals surface area contributed by atoms with E-state index in [1.807, 2.05) is 13.8 Å². The molecular formula is C74H113N19O20. The minimum Gasteiger partial charge on any atom is -0.481 e. The van der Waals surface area contributed by atoms with E-state index < -0.39 is 225 Å². The summed E-state index contributed by atoms with van der Waals surface area (Å²) in [5.74, 6) is -19.3. The molecule has 113 heavy (non-hydrogen) atoms. The van der Waals surface area contributed by atoms with Gasteiger partial charge in [0, 0.05) is 57.0 Å². The first-order valence-corrected chi connectivity index (χ1v) is 37.5. The summed E-state index contributed by atoms with van der Waals surface area (Å²) in [6.07, 6.45) is -3.89. The first kappa shape index (κ1) is 94.0. The van der Waals surface area contributed by atoms with E-state index in [2.05, 4.69) is 63.1 Å². The number of cyclic esters (lactones) is 1. The Labute approximate surface area is 654 Å². The number of aromatic amines is 1. The molecule has 624 valence electrons. The van der Waals surface area contributed by atoms with Gasteiger partial charge in [0.1, 0.15) is 72.6 Å². The van der Waals surface area contributed by atoms with E-state index in [4.69, 9.17) is 33.4 Å². The second-order valence-corrected chi connectivity index (χ2v) is 29.0. The number of ether oxygens (including phenoxy) is 1. The van der Waals surface area contributed by atoms with Gasteiger partial charge in [0.2, 0.25) is 82.7 Å². The molecule has 3 aromatic rings. The average Bonchev–Trinajstić information content (AvgIpc) is 1.72. The molecule has 1 aliphatic rings. The van der Waals surface area contributed by atoms with Crippen LogP contribution in [0.4, 0.5) is 0 Å². The predicted molar refractivity (Wildman–Crippen MR) is 410 cm³/mol. The van der Waals surface area contributed by atoms with Crippen molar-refractivity contribution in [2.75, 3.05) is 46.9 Å². The highest BCUT2D eigenvalue weighted by Gasteiger charge is 2.41. The number of hydrogen-bond acceptors (Lipinski definition) is 21. The standard InChI is InChI=1S/C74H113N19O20/c1-39(2)17-14-20-44-32-59(98)83-55(38-95)70(109)89-53(34-58(77)97)69(108)91-54(37-94)63(102)82-36-60(99)92(7)56(30-42-18-10-9-11-19-42)71(110)90-50(29-40(3)4)66(105)84-47(24-16-28-80-74(78)79)64(103)85-48(25-26-61(100)101)65(104)88-52(33-57(76)96)68(107)87-51(31-43-35-81-46-22-13-12-21-45(43)46)67(106)86-49(23-15-27-75)72(111)93(8)62(41(5)6)73(112)113-44/h9-13,18-19,21-22,35,39-41,44,47-56,62,81,94-95H,14-17,20,23-34,36-38,75H2,1-8H3,(H2,76,96)(H2,77,97)(H,82,102)(H,83,98)(H,84,105)(H,85,103)(H,86,106)(H,87,107)(H,88,104)(H,89,109)(H,90,110)(H,91,108)(H,100,101)(H4,78,79,80)/t44-,47-,48+,49-,50+,51-,52-,53-,54+,55+,56-,62+/m1/s1. The molecule has 1 aromatic heterocycles. The smallest absolute Gasteiger partial charge is 0.329 e. The maximum absolute atomic E-state index is 15.1. The van der Waals surface area contributed by atoms with Crippen molar-refractivity contribution in [2.45, 2.75) is 210 Å². The van der Waals surface area contributed by atoms with Crippen LogP contribution in [0.25, 0.3) is 10.9 Å². The minimum atomic E-state index is -1.99. The number of guanidine groups is 1. The Balaban J connectivity index is 1.93. The van der Waals surface area contributed by atoms with Gasteiger partial charge in [-0.15, -0.1) is 0 Å². The van der Waals surface area contributed by atoms with Crippen LogP contribution >= 0.6 is 0 Å². The molecule has 0 radical (unpaired) electrons. The van der Waals surface area contributed by atoms with E-state index in [1.165, 1.54) is 14.1 Å². The summed E-state index contributed by atoms with van der Waals surface area (Å²) in [6, 6.07) is -3.82. The lowest BCUT2D eigenvalue weighted by Gasteiger charge is -2.34. The summed E-state index contributed by atoms with van der Waals surface area (Å²) in [6.45, 7) is 7.09. The predicted octanol–water partition coefficient (Wildman–Crippen LogP) is -4.68. The van der Waals surface area contributed by atoms with Gasteiger partial charge in [0.05, 0.1) is 39.0 Å². The number of aliphatic hydroxyl groups excluding tert-OH is 2. The maximum Gasteiger partial charge on any atom is 0.329 e. The van der Waals surface area contributed by atoms with Crippen molar-refractivity contribution in [3.8, 4) is 0 Å². The molecule has 2 aromatic carbocycles. The second kappa shape index (κ2) is 47.1. The molecule has 1 saturated heterocycles. The number of H-pyrrole nitrogens is 1. The molecule has 0 unspecified atom stereocenters. The van der Waals surface area contributed by atoms with E-state index in [0.29, 0.717) is 34.9 Å². The quantitative estimate of drug-likeness (QED) is 0.0148. The number of fused-ring (bicyclic) bond motifs is 1. The molecule has 24 N–H and O–H groups in total. The molecule has 1 fully saturated rings. The topological polar surface area (TPSA) is 628 Å². The van der Waals surface area contributed by atoms with Crippen LogP contribution in [0.5, 0.6) is 0 Å². The highest BCUT2D eigenvalue weighted by molar-refractivity contribution is 6.01. The van der Waals surface area contributed by atoms with Gasteiger partial charge in [0.15, 0.2) is 5.96 Å². The number of primary amides is 2. The van der Waals surface area contributed by atoms with Gasteiger partial charge in [-0.3, -0.25) is 76.9 Å². The van der Waals surface area contributed by atoms with E-state index >= 15 is 9.59 Å². The van der Waals surface area contributed by atoms with Crippen LogP contribution in [0.1, 0.15) is 136 Å². The Hall–Kier alpha value is -11.4. The SMILES string of the molecule is CC(C)CCC[C@@H]1CC(=O)N[C@@H](CO)C(=O)N[C@H](CC(N)=O)C(=O)N[C@@H](CO)C(=O)NCC(=O)N(C)[C@H](Cc2ccccc2)C(=O)N[C@@H](CC(C)C)C(=O)N[C@H](CCCN=C(N)N)C(=O)N[C@@H](CCC(=O)O)C(=O)N[C@H](CC(N)=O)C(=O)N[C@H](Cc2c[nH]c3ccccc23)C(=O)N[C@H](CCCN)C(=O)N(C)[C@@H](C(C)C)C(=O)O1. The Morgan fingerprint density at radius 3 is 1.61 bits per heavy atom. The minimum absolute atomic E-state index is 0.0172. The number of para-hydroxylation sites is 1. The van der Waals surface area contributed by atoms with Crippen LogP contribution in [0, 0.1) is 17.8 Å². The van der Waals surface area contributed by atoms with Gasteiger partial charge in [-0.05, 0) is 92.9 Å². The number of aliphatic hydroxyl groups is 2. The monoisotopic (exact) mass is 1590 g/mol. The average molecular weight is 1590 g/mol. The molecular weight excluding hydrogens is 1470 g/mol. The van der Waals surface area contributed by atoms with Crippen LogP contribution < -0.4 is 81.8 Å². The first-order chi connectivity index (χ1) is 53.4. The number of nitrogens with one attached hydrogen (secondary N) is 11. The molecule has 0 saturated carbocycles. The van der Waals surface area contributed by atoms with Crippen LogP contribution in [-0.2, 0) is 94.3 Å². The van der Waals surface area contributed by atoms with E-state index in [0.717, 1.165) is 9.80 Å². The first-order valence-electron chi connectivity index (χ1n) is 37.5. The zero-order valence-corrected chi connectivity index (χ0v) is 65.1. The zero-order valence-electron chi connectivity index (χ0n) is 65.1. The van der Waals surface area contributed by atoms with Crippen molar-refractivity contribution in [3.05, 3.63) is 71.9 Å². The number of hydrogen-bond donors (Lipinski definition) is 19. The van der Waals surface area contributed by atoms with E-state index in [1.54, 1.807) is 88.5 Å². The highest BCUT2D eigenvalue weighted by atomic mass is 16.5. The summed E-state index contributed by atoms with van der Waals surface area (Å²) in [4.78, 5) is 235. The maximum atomic E-state index is 15.1. The largest absolute Gasteiger partial charge is 0.481 e. The molecule has 0 aliphatic carbocycles. The van der Waals surface area contributed by atoms with Crippen molar-refractivity contribution < 1.29 is 96.8 Å². The Bertz CT molecular complexity index is 3810. The van der Waals surface area contributed by atoms with Gasteiger partial charge in [-0.2, -0.15) is 0 Å². The molecule has 12 atom stereocenters. The third kappa shape index (κ3) is 31.7. The summed E-state index contributed by atoms with van der Waals surface area (Å²) in [7, 11) is 2.47. The number of likely N-dealkylation sites (N-methyl/N-ethyl adjacent to an activating group) is 2. The van der Waals surface area contributed by atoms with Gasteiger partial charge >= 0.3 is 11.9 Å². The molecule has 1 aliphatic heterocycles. The van der Waals surface area contributed by atoms with Crippen molar-refractivity contribution >= 4 is 112 Å². The van der Waals surface area contributed by atoms with Gasteiger partial charge < -0.3 is 117 Å². The number of carbonyl (C=O) groups excluding carboxylic acids is 15. The molecule has 4 rings (SSSR count). The number of amides is 14. The summed E-state index contributed by atoms with van der Waals surface area (Å²) in [5.41, 5.74) is 29.9. The van der Waals surface area contributed by atoms with Gasteiger partial charge in [-0.1, -0.05) is 96.5 Å². The van der Waals surface area contributed by atoms with Crippen LogP contribution in [0.3, 0.4) is 0 Å². The van der Waals surface area contributed by atoms with Crippen molar-refractivity contribution in [1.29, 1.82) is 0 Å². The number of benzene rings is 2. The number of esters is 1. The number of rotatable bonds is 27. The van der Waals surface area contributed by atoms with E-state index in [-0.39, 0.29) is 82.3 Å². The summed E-state index contributed by atoms with van der Waals surface area (Å²) < 4.78 is 6.04. The van der Waals surface area contributed by atoms with Gasteiger partial charge in [-0.25, -0.2) is 4.79 Å². The molecule has 39 heteroatoms. The highest BCUT2D eigenvalue weighted by Crippen LogP contribution is 2.23. The Morgan fingerprint density at radius 1 is 0.549 bits per heavy atom. The lowest BCUT2D eigenvalue weighted by Crippen LogP contribution is -2.61. The molecule has 0 spiro atoms. The Kier molecular flexibility index (Phi) is 39.2. The van der Waals surface area contributed by atoms with Crippen molar-refractivity contribution in [3.63, 3.8) is 0 Å². The van der Waals surface area contributed by atoms with Crippen LogP contribution in [0.15, 0.2) is 65.8 Å². The lowest BCUT2D eigenvalue weighted by molar-refractivity contribution is -0.162. The summed E-state index contributed by atoms with van der Waals surface area (Å²) in [5, 5.41) is 55.7. The number of aliphatic imine (C=N–C) groups is 1. The van der Waals surface area contributed by atoms with Crippen molar-refractivity contribution in [1.82, 2.24) is 68.0 Å². The molecule has 0 bridgehead atoms. The molecule has 39 nitrogen and oxygen atoms in total. The number of nitrogens with zero attached hydrogens (tertiary/aromatic N) is 3. The van der Waals surface area contributed by atoms with Crippen LogP contribution in [-0.4, -0.2) is 250 Å². The lowest BCUT2D eigenvalue weighted by atomic mass is 9.99. The fourth-order valence-corrected chi connectivity index (χ4v) is 12.4. The van der Waals surface area contributed by atoms with Crippen LogP contribution in [0.2, 0.25) is 0 Å². The molecule has 2 heterocycles. The number of carboxylic acids is 1. The second-order valence-electron chi connectivity index (χ2n) is 29.0. The van der Waals surface area contributed by atoms with Crippen molar-refractivity contribution in [2.24, 2.45) is 51.4 Å². The molecule has 14 amide bonds. The zero-order chi connectivity index (χ0) is 84.3. The van der Waals surface area contributed by atoms with E-state index in [9.17, 15) is 82.4 Å². The van der Waals surface area contributed by atoms with Gasteiger partial charge in [0.25, 0.3) is 0 Å². The third-order valence-electron chi connectivity index (χ3n) is 18.5. The fraction of sp³-hybridized carbons (Fsp3) is 0.581. The fourth-order valence-electron chi connectivity index (χ4n) is 12.4. The number of aliphatic carboxylic acids is 1. The Morgan fingerprint density at radius 2 is 1.05 bits per heavy atom. The number of aromatic nitrogens is 1. The summed E-state index contributed by atoms with van der Waals surface area (Å²) >= 11 is 0. The normalized spacial score (nSPS) is 23.6. The third-order valence-corrected chi connectivity index (χ3v) is 18.5.